The first-order valence-electron chi connectivity index (χ1n) is 3.83. The Morgan fingerprint density at radius 2 is 2.00 bits per heavy atom. The minimum absolute atomic E-state index is 0.0477. The van der Waals surface area contributed by atoms with Crippen LogP contribution in [0.15, 0.2) is 6.20 Å². The van der Waals surface area contributed by atoms with Crippen LogP contribution in [0.5, 0.6) is 0 Å². The number of hydrogen-bond acceptors (Lipinski definition) is 5. The van der Waals surface area contributed by atoms with Gasteiger partial charge in [-0.05, 0) is 11.6 Å². The SMILES string of the molecule is OCC(CO)Nc1nc(Cl)ncc1Cl. The number of anilines is 1. The molecule has 1 aromatic rings. The highest BCUT2D eigenvalue weighted by Crippen LogP contribution is 2.19. The fourth-order valence-corrected chi connectivity index (χ4v) is 1.07. The topological polar surface area (TPSA) is 78.3 Å². The van der Waals surface area contributed by atoms with Crippen molar-refractivity contribution in [2.75, 3.05) is 18.5 Å². The summed E-state index contributed by atoms with van der Waals surface area (Å²) in [4.78, 5) is 7.45. The second-order valence-electron chi connectivity index (χ2n) is 2.54. The minimum atomic E-state index is -0.515. The number of nitrogens with one attached hydrogen (secondary N) is 1. The number of halogens is 2. The summed E-state index contributed by atoms with van der Waals surface area (Å²) >= 11 is 11.3. The molecule has 0 saturated heterocycles. The molecule has 0 radical (unpaired) electrons. The van der Waals surface area contributed by atoms with Gasteiger partial charge in [-0.3, -0.25) is 0 Å². The summed E-state index contributed by atoms with van der Waals surface area (Å²) in [5.74, 6) is 0.291. The van der Waals surface area contributed by atoms with Crippen LogP contribution in [-0.4, -0.2) is 39.4 Å². The van der Waals surface area contributed by atoms with Gasteiger partial charge in [-0.1, -0.05) is 11.6 Å². The van der Waals surface area contributed by atoms with Gasteiger partial charge in [0.25, 0.3) is 0 Å². The predicted octanol–water partition coefficient (Wildman–Crippen LogP) is 0.548. The summed E-state index contributed by atoms with van der Waals surface area (Å²) in [5.41, 5.74) is 0. The Morgan fingerprint density at radius 3 is 2.57 bits per heavy atom. The van der Waals surface area contributed by atoms with E-state index >= 15 is 0 Å². The average molecular weight is 238 g/mol. The highest BCUT2D eigenvalue weighted by Gasteiger charge is 2.10. The fraction of sp³-hybridized carbons (Fsp3) is 0.429. The number of aliphatic hydroxyl groups is 2. The average Bonchev–Trinajstić information content (AvgIpc) is 2.19. The molecular formula is C7H9Cl2N3O2. The Kier molecular flexibility index (Phi) is 4.34. The first kappa shape index (κ1) is 11.5. The van der Waals surface area contributed by atoms with Crippen molar-refractivity contribution in [2.24, 2.45) is 0 Å². The van der Waals surface area contributed by atoms with Gasteiger partial charge in [0.2, 0.25) is 5.28 Å². The van der Waals surface area contributed by atoms with E-state index in [4.69, 9.17) is 33.4 Å². The summed E-state index contributed by atoms with van der Waals surface area (Å²) in [5, 5.41) is 20.7. The zero-order chi connectivity index (χ0) is 10.6. The molecule has 0 atom stereocenters. The van der Waals surface area contributed by atoms with Gasteiger partial charge in [-0.15, -0.1) is 0 Å². The lowest BCUT2D eigenvalue weighted by Gasteiger charge is -2.14. The van der Waals surface area contributed by atoms with Crippen LogP contribution in [0.4, 0.5) is 5.82 Å². The van der Waals surface area contributed by atoms with Crippen LogP contribution in [0.3, 0.4) is 0 Å². The maximum atomic E-state index is 8.81. The molecule has 0 fully saturated rings. The van der Waals surface area contributed by atoms with Gasteiger partial charge in [0, 0.05) is 0 Å². The molecule has 0 aliphatic carbocycles. The van der Waals surface area contributed by atoms with E-state index in [0.29, 0.717) is 5.82 Å². The Morgan fingerprint density at radius 1 is 1.36 bits per heavy atom. The van der Waals surface area contributed by atoms with Crippen LogP contribution < -0.4 is 5.32 Å². The van der Waals surface area contributed by atoms with Crippen molar-refractivity contribution in [1.29, 1.82) is 0 Å². The van der Waals surface area contributed by atoms with E-state index in [0.717, 1.165) is 0 Å². The maximum absolute atomic E-state index is 8.81. The zero-order valence-corrected chi connectivity index (χ0v) is 8.63. The van der Waals surface area contributed by atoms with E-state index in [2.05, 4.69) is 15.3 Å². The quantitative estimate of drug-likeness (QED) is 0.667. The van der Waals surface area contributed by atoms with E-state index in [1.807, 2.05) is 0 Å². The Labute approximate surface area is 90.7 Å². The number of rotatable bonds is 4. The maximum Gasteiger partial charge on any atom is 0.224 e. The largest absolute Gasteiger partial charge is 0.394 e. The summed E-state index contributed by atoms with van der Waals surface area (Å²) in [6.45, 7) is -0.455. The van der Waals surface area contributed by atoms with Gasteiger partial charge < -0.3 is 15.5 Å². The lowest BCUT2D eigenvalue weighted by Crippen LogP contribution is -2.28. The normalized spacial score (nSPS) is 10.6. The van der Waals surface area contributed by atoms with Crippen LogP contribution in [0.1, 0.15) is 0 Å². The molecule has 3 N–H and O–H groups in total. The van der Waals surface area contributed by atoms with Crippen molar-refractivity contribution in [3.05, 3.63) is 16.5 Å². The van der Waals surface area contributed by atoms with E-state index in [-0.39, 0.29) is 23.5 Å². The summed E-state index contributed by atoms with van der Waals surface area (Å²) in [6.07, 6.45) is 1.34. The van der Waals surface area contributed by atoms with Gasteiger partial charge in [0.05, 0.1) is 25.5 Å². The van der Waals surface area contributed by atoms with Crippen molar-refractivity contribution < 1.29 is 10.2 Å². The molecule has 5 nitrogen and oxygen atoms in total. The highest BCUT2D eigenvalue weighted by atomic mass is 35.5. The van der Waals surface area contributed by atoms with Gasteiger partial charge in [-0.2, -0.15) is 4.98 Å². The van der Waals surface area contributed by atoms with Crippen LogP contribution in [0.25, 0.3) is 0 Å². The molecule has 0 aromatic carbocycles. The van der Waals surface area contributed by atoms with E-state index in [9.17, 15) is 0 Å². The molecule has 0 unspecified atom stereocenters. The van der Waals surface area contributed by atoms with Crippen LogP contribution in [0.2, 0.25) is 10.3 Å². The van der Waals surface area contributed by atoms with Crippen LogP contribution in [-0.2, 0) is 0 Å². The smallest absolute Gasteiger partial charge is 0.224 e. The van der Waals surface area contributed by atoms with Gasteiger partial charge in [0.15, 0.2) is 0 Å². The lowest BCUT2D eigenvalue weighted by molar-refractivity contribution is 0.203. The monoisotopic (exact) mass is 237 g/mol. The first-order chi connectivity index (χ1) is 6.67. The van der Waals surface area contributed by atoms with E-state index in [1.165, 1.54) is 6.20 Å². The zero-order valence-electron chi connectivity index (χ0n) is 7.11. The molecule has 78 valence electrons. The molecule has 0 amide bonds. The number of hydrogen-bond donors (Lipinski definition) is 3. The van der Waals surface area contributed by atoms with E-state index < -0.39 is 6.04 Å². The molecular weight excluding hydrogens is 229 g/mol. The van der Waals surface area contributed by atoms with Crippen LogP contribution >= 0.6 is 23.2 Å². The predicted molar refractivity (Wildman–Crippen MR) is 53.6 cm³/mol. The van der Waals surface area contributed by atoms with Crippen molar-refractivity contribution in [1.82, 2.24) is 9.97 Å². The summed E-state index contributed by atoms with van der Waals surface area (Å²) in [7, 11) is 0. The van der Waals surface area contributed by atoms with Gasteiger partial charge in [-0.25, -0.2) is 4.98 Å². The molecule has 0 aliphatic rings. The van der Waals surface area contributed by atoms with E-state index in [1.54, 1.807) is 0 Å². The Hall–Kier alpha value is -0.620. The molecule has 0 spiro atoms. The Balaban J connectivity index is 2.79. The molecule has 1 rings (SSSR count). The first-order valence-corrected chi connectivity index (χ1v) is 4.59. The molecule has 0 aliphatic heterocycles. The second-order valence-corrected chi connectivity index (χ2v) is 3.29. The molecule has 14 heavy (non-hydrogen) atoms. The van der Waals surface area contributed by atoms with Gasteiger partial charge >= 0.3 is 0 Å². The third-order valence-electron chi connectivity index (χ3n) is 1.50. The van der Waals surface area contributed by atoms with Crippen molar-refractivity contribution in [3.63, 3.8) is 0 Å². The highest BCUT2D eigenvalue weighted by molar-refractivity contribution is 6.33. The summed E-state index contributed by atoms with van der Waals surface area (Å²) < 4.78 is 0. The third kappa shape index (κ3) is 2.95. The molecule has 1 heterocycles. The second kappa shape index (κ2) is 5.31. The van der Waals surface area contributed by atoms with Crippen molar-refractivity contribution >= 4 is 29.0 Å². The molecule has 0 saturated carbocycles. The molecule has 7 heteroatoms. The van der Waals surface area contributed by atoms with Crippen molar-refractivity contribution in [3.8, 4) is 0 Å². The summed E-state index contributed by atoms with van der Waals surface area (Å²) in [6, 6.07) is -0.515. The van der Waals surface area contributed by atoms with Gasteiger partial charge in [0.1, 0.15) is 10.8 Å². The number of nitrogens with zero attached hydrogens (tertiary/aromatic N) is 2. The fourth-order valence-electron chi connectivity index (χ4n) is 0.789. The third-order valence-corrected chi connectivity index (χ3v) is 1.96. The number of aromatic nitrogens is 2. The minimum Gasteiger partial charge on any atom is -0.394 e. The van der Waals surface area contributed by atoms with Crippen molar-refractivity contribution in [2.45, 2.75) is 6.04 Å². The molecule has 0 bridgehead atoms. The Bertz CT molecular complexity index is 307. The number of aliphatic hydroxyl groups excluding tert-OH is 2. The standard InChI is InChI=1S/C7H9Cl2N3O2/c8-5-1-10-7(9)12-6(5)11-4(2-13)3-14/h1,4,13-14H,2-3H2,(H,10,11,12). The van der Waals surface area contributed by atoms with Crippen LogP contribution in [0, 0.1) is 0 Å². The lowest BCUT2D eigenvalue weighted by atomic mass is 10.3. The molecule has 1 aromatic heterocycles.